The fourth-order valence-electron chi connectivity index (χ4n) is 2.27. The van der Waals surface area contributed by atoms with Crippen molar-refractivity contribution in [3.05, 3.63) is 40.9 Å². The highest BCUT2D eigenvalue weighted by atomic mass is 32.1. The highest BCUT2D eigenvalue weighted by molar-refractivity contribution is 7.13. The molecule has 114 valence electrons. The molecule has 1 aromatic heterocycles. The summed E-state index contributed by atoms with van der Waals surface area (Å²) in [5.41, 5.74) is 1.69. The van der Waals surface area contributed by atoms with Crippen molar-refractivity contribution >= 4 is 23.2 Å². The number of hydrogen-bond acceptors (Lipinski definition) is 4. The minimum Gasteiger partial charge on any atom is -0.481 e. The van der Waals surface area contributed by atoms with E-state index < -0.39 is 11.4 Å². The van der Waals surface area contributed by atoms with E-state index in [1.165, 1.54) is 11.3 Å². The molecule has 0 aliphatic heterocycles. The van der Waals surface area contributed by atoms with Gasteiger partial charge >= 0.3 is 5.97 Å². The van der Waals surface area contributed by atoms with Crippen LogP contribution in [0.15, 0.2) is 29.6 Å². The molecule has 1 aliphatic rings. The first-order chi connectivity index (χ1) is 10.5. The highest BCUT2D eigenvalue weighted by Gasteiger charge is 2.50. The molecule has 2 N–H and O–H groups in total. The summed E-state index contributed by atoms with van der Waals surface area (Å²) >= 11 is 1.41. The lowest BCUT2D eigenvalue weighted by Crippen LogP contribution is -2.34. The van der Waals surface area contributed by atoms with Crippen LogP contribution >= 0.6 is 11.3 Å². The first-order valence-electron chi connectivity index (χ1n) is 7.05. The number of nitrogens with one attached hydrogen (secondary N) is 1. The third kappa shape index (κ3) is 2.74. The van der Waals surface area contributed by atoms with Crippen molar-refractivity contribution < 1.29 is 14.7 Å². The van der Waals surface area contributed by atoms with Crippen molar-refractivity contribution in [2.24, 2.45) is 5.41 Å². The van der Waals surface area contributed by atoms with E-state index in [-0.39, 0.29) is 12.5 Å². The lowest BCUT2D eigenvalue weighted by molar-refractivity contribution is -0.143. The number of rotatable bonds is 5. The lowest BCUT2D eigenvalue weighted by atomic mass is 10.1. The summed E-state index contributed by atoms with van der Waals surface area (Å²) < 4.78 is 0. The molecule has 22 heavy (non-hydrogen) atoms. The molecule has 1 saturated carbocycles. The van der Waals surface area contributed by atoms with Crippen molar-refractivity contribution in [2.75, 3.05) is 6.54 Å². The molecule has 1 amide bonds. The van der Waals surface area contributed by atoms with Gasteiger partial charge < -0.3 is 10.4 Å². The lowest BCUT2D eigenvalue weighted by Gasteiger charge is -2.09. The monoisotopic (exact) mass is 316 g/mol. The Hall–Kier alpha value is -2.21. The SMILES string of the molecule is Cc1ccccc1-c1nc(C(=O)NCC2(C(=O)O)CC2)cs1. The molecule has 0 saturated heterocycles. The van der Waals surface area contributed by atoms with Crippen LogP contribution in [0.25, 0.3) is 10.6 Å². The van der Waals surface area contributed by atoms with Gasteiger partial charge in [0, 0.05) is 17.5 Å². The van der Waals surface area contributed by atoms with Gasteiger partial charge in [-0.05, 0) is 25.3 Å². The fraction of sp³-hybridized carbons (Fsp3) is 0.312. The van der Waals surface area contributed by atoms with Gasteiger partial charge in [0.2, 0.25) is 0 Å². The van der Waals surface area contributed by atoms with E-state index in [4.69, 9.17) is 5.11 Å². The molecule has 5 nitrogen and oxygen atoms in total. The van der Waals surface area contributed by atoms with E-state index in [1.807, 2.05) is 31.2 Å². The summed E-state index contributed by atoms with van der Waals surface area (Å²) in [7, 11) is 0. The van der Waals surface area contributed by atoms with E-state index in [0.29, 0.717) is 18.5 Å². The number of aliphatic carboxylic acids is 1. The van der Waals surface area contributed by atoms with Gasteiger partial charge in [-0.15, -0.1) is 11.3 Å². The maximum atomic E-state index is 12.1. The third-order valence-corrected chi connectivity index (χ3v) is 4.88. The molecule has 1 aromatic carbocycles. The van der Waals surface area contributed by atoms with Crippen LogP contribution in [0, 0.1) is 12.3 Å². The normalized spacial score (nSPS) is 15.3. The molecule has 3 rings (SSSR count). The number of carbonyl (C=O) groups excluding carboxylic acids is 1. The summed E-state index contributed by atoms with van der Waals surface area (Å²) in [6, 6.07) is 7.87. The van der Waals surface area contributed by atoms with Crippen LogP contribution in [-0.2, 0) is 4.79 Å². The van der Waals surface area contributed by atoms with E-state index in [2.05, 4.69) is 10.3 Å². The molecule has 0 spiro atoms. The Balaban J connectivity index is 1.70. The van der Waals surface area contributed by atoms with Crippen LogP contribution in [0.1, 0.15) is 28.9 Å². The second-order valence-electron chi connectivity index (χ2n) is 5.62. The molecule has 1 fully saturated rings. The molecule has 0 atom stereocenters. The van der Waals surface area contributed by atoms with Crippen molar-refractivity contribution in [2.45, 2.75) is 19.8 Å². The first kappa shape index (κ1) is 14.7. The van der Waals surface area contributed by atoms with Crippen LogP contribution in [0.5, 0.6) is 0 Å². The Labute approximate surface area is 132 Å². The quantitative estimate of drug-likeness (QED) is 0.889. The number of aryl methyl sites for hydroxylation is 1. The largest absolute Gasteiger partial charge is 0.481 e. The standard InChI is InChI=1S/C16H16N2O3S/c1-10-4-2-3-5-11(10)14-18-12(8-22-14)13(19)17-9-16(6-7-16)15(20)21/h2-5,8H,6-7,9H2,1H3,(H,17,19)(H,20,21). The van der Waals surface area contributed by atoms with Crippen molar-refractivity contribution in [3.8, 4) is 10.6 Å². The molecule has 6 heteroatoms. The van der Waals surface area contributed by atoms with Crippen LogP contribution in [0.3, 0.4) is 0 Å². The Kier molecular flexibility index (Phi) is 3.70. The van der Waals surface area contributed by atoms with Gasteiger partial charge in [0.25, 0.3) is 5.91 Å². The minimum absolute atomic E-state index is 0.165. The number of nitrogens with zero attached hydrogens (tertiary/aromatic N) is 1. The molecule has 0 bridgehead atoms. The van der Waals surface area contributed by atoms with Gasteiger partial charge in [0.05, 0.1) is 5.41 Å². The Bertz CT molecular complexity index is 734. The number of amides is 1. The topological polar surface area (TPSA) is 79.3 Å². The van der Waals surface area contributed by atoms with E-state index in [1.54, 1.807) is 5.38 Å². The van der Waals surface area contributed by atoms with Crippen LogP contribution < -0.4 is 5.32 Å². The van der Waals surface area contributed by atoms with Crippen LogP contribution in [0.2, 0.25) is 0 Å². The van der Waals surface area contributed by atoms with E-state index in [9.17, 15) is 9.59 Å². The second-order valence-corrected chi connectivity index (χ2v) is 6.48. The van der Waals surface area contributed by atoms with Gasteiger partial charge in [-0.25, -0.2) is 4.98 Å². The van der Waals surface area contributed by atoms with Crippen molar-refractivity contribution in [1.29, 1.82) is 0 Å². The Morgan fingerprint density at radius 2 is 2.09 bits per heavy atom. The summed E-state index contributed by atoms with van der Waals surface area (Å²) in [6.07, 6.45) is 1.24. The number of carboxylic acids is 1. The highest BCUT2D eigenvalue weighted by Crippen LogP contribution is 2.45. The van der Waals surface area contributed by atoms with Crippen LogP contribution in [-0.4, -0.2) is 28.5 Å². The predicted molar refractivity (Wildman–Crippen MR) is 83.9 cm³/mol. The zero-order valence-electron chi connectivity index (χ0n) is 12.1. The summed E-state index contributed by atoms with van der Waals surface area (Å²) in [4.78, 5) is 27.6. The average Bonchev–Trinajstić information content (AvgIpc) is 3.15. The minimum atomic E-state index is -0.841. The number of aromatic nitrogens is 1. The molecule has 2 aromatic rings. The summed E-state index contributed by atoms with van der Waals surface area (Å²) in [6.45, 7) is 2.17. The Morgan fingerprint density at radius 3 is 2.73 bits per heavy atom. The molecule has 1 heterocycles. The number of carboxylic acid groups (broad SMARTS) is 1. The molecule has 1 aliphatic carbocycles. The van der Waals surface area contributed by atoms with Gasteiger partial charge in [-0.3, -0.25) is 9.59 Å². The smallest absolute Gasteiger partial charge is 0.311 e. The predicted octanol–water partition coefficient (Wildman–Crippen LogP) is 2.71. The van der Waals surface area contributed by atoms with Gasteiger partial charge in [-0.1, -0.05) is 24.3 Å². The van der Waals surface area contributed by atoms with E-state index >= 15 is 0 Å². The fourth-order valence-corrected chi connectivity index (χ4v) is 3.16. The molecule has 0 unspecified atom stereocenters. The van der Waals surface area contributed by atoms with Gasteiger partial charge in [-0.2, -0.15) is 0 Å². The van der Waals surface area contributed by atoms with Gasteiger partial charge in [0.1, 0.15) is 10.7 Å². The number of benzene rings is 1. The number of hydrogen-bond donors (Lipinski definition) is 2. The van der Waals surface area contributed by atoms with E-state index in [0.717, 1.165) is 16.1 Å². The van der Waals surface area contributed by atoms with Gasteiger partial charge in [0.15, 0.2) is 0 Å². The zero-order valence-corrected chi connectivity index (χ0v) is 12.9. The molecular weight excluding hydrogens is 300 g/mol. The maximum Gasteiger partial charge on any atom is 0.311 e. The summed E-state index contributed by atoms with van der Waals surface area (Å²) in [5.74, 6) is -1.16. The third-order valence-electron chi connectivity index (χ3n) is 4.01. The Morgan fingerprint density at radius 1 is 1.36 bits per heavy atom. The summed E-state index contributed by atoms with van der Waals surface area (Å²) in [5, 5.41) is 14.3. The first-order valence-corrected chi connectivity index (χ1v) is 7.93. The maximum absolute atomic E-state index is 12.1. The second kappa shape index (κ2) is 5.53. The molecular formula is C16H16N2O3S. The van der Waals surface area contributed by atoms with Crippen molar-refractivity contribution in [3.63, 3.8) is 0 Å². The average molecular weight is 316 g/mol. The number of carbonyl (C=O) groups is 2. The number of thiazole rings is 1. The van der Waals surface area contributed by atoms with Crippen molar-refractivity contribution in [1.82, 2.24) is 10.3 Å². The van der Waals surface area contributed by atoms with Crippen LogP contribution in [0.4, 0.5) is 0 Å². The molecule has 0 radical (unpaired) electrons. The zero-order chi connectivity index (χ0) is 15.7.